The summed E-state index contributed by atoms with van der Waals surface area (Å²) in [5, 5.41) is 4.58. The molecule has 2 atom stereocenters. The van der Waals surface area contributed by atoms with E-state index < -0.39 is 18.0 Å². The Balaban J connectivity index is 1.69. The van der Waals surface area contributed by atoms with Crippen LogP contribution in [0.15, 0.2) is 41.9 Å². The first-order valence-electron chi connectivity index (χ1n) is 7.79. The van der Waals surface area contributed by atoms with Crippen molar-refractivity contribution in [2.75, 3.05) is 13.2 Å². The minimum absolute atomic E-state index is 0.0198. The third kappa shape index (κ3) is 4.18. The smallest absolute Gasteiger partial charge is 0.349 e. The van der Waals surface area contributed by atoms with Crippen LogP contribution in [0.5, 0.6) is 0 Å². The number of hydrogen-bond acceptors (Lipinski definition) is 6. The molecular weight excluding hydrogens is 328 g/mol. The molecule has 126 valence electrons. The normalized spacial score (nSPS) is 18.1. The summed E-state index contributed by atoms with van der Waals surface area (Å²) in [5.41, 5.74) is 0.396. The van der Waals surface area contributed by atoms with E-state index in [0.29, 0.717) is 17.1 Å². The Morgan fingerprint density at radius 3 is 2.96 bits per heavy atom. The maximum Gasteiger partial charge on any atom is 0.349 e. The zero-order chi connectivity index (χ0) is 16.8. The summed E-state index contributed by atoms with van der Waals surface area (Å²) in [7, 11) is 0. The van der Waals surface area contributed by atoms with Crippen molar-refractivity contribution in [3.05, 3.63) is 52.5 Å². The molecule has 0 aromatic carbocycles. The molecule has 2 aromatic rings. The third-order valence-corrected chi connectivity index (χ3v) is 4.52. The molecule has 3 heterocycles. The van der Waals surface area contributed by atoms with Gasteiger partial charge < -0.3 is 14.8 Å². The molecule has 24 heavy (non-hydrogen) atoms. The highest BCUT2D eigenvalue weighted by Gasteiger charge is 2.28. The van der Waals surface area contributed by atoms with Gasteiger partial charge in [0.1, 0.15) is 4.88 Å². The second kappa shape index (κ2) is 8.03. The van der Waals surface area contributed by atoms with Gasteiger partial charge in [-0.1, -0.05) is 12.1 Å². The van der Waals surface area contributed by atoms with E-state index in [-0.39, 0.29) is 6.10 Å². The first-order chi connectivity index (χ1) is 11.7. The highest BCUT2D eigenvalue weighted by Crippen LogP contribution is 2.20. The number of aromatic nitrogens is 1. The molecule has 0 aliphatic carbocycles. The Bertz CT molecular complexity index is 669. The zero-order valence-electron chi connectivity index (χ0n) is 13.0. The average molecular weight is 346 g/mol. The van der Waals surface area contributed by atoms with E-state index in [4.69, 9.17) is 9.47 Å². The minimum Gasteiger partial charge on any atom is -0.441 e. The van der Waals surface area contributed by atoms with E-state index >= 15 is 0 Å². The molecule has 7 heteroatoms. The van der Waals surface area contributed by atoms with E-state index in [0.717, 1.165) is 19.4 Å². The Morgan fingerprint density at radius 2 is 2.29 bits per heavy atom. The quantitative estimate of drug-likeness (QED) is 0.813. The molecule has 0 radical (unpaired) electrons. The molecule has 0 saturated carbocycles. The lowest BCUT2D eigenvalue weighted by Crippen LogP contribution is -2.37. The number of pyridine rings is 1. The SMILES string of the molecule is O=C(O[C@@H](C(=O)NC[C@@H]1CCCO1)c1ccccn1)c1cccs1. The first kappa shape index (κ1) is 16.6. The highest BCUT2D eigenvalue weighted by atomic mass is 32.1. The lowest BCUT2D eigenvalue weighted by atomic mass is 10.2. The Hall–Kier alpha value is -2.25. The molecule has 1 fully saturated rings. The van der Waals surface area contributed by atoms with Gasteiger partial charge in [-0.05, 0) is 36.4 Å². The maximum absolute atomic E-state index is 12.5. The van der Waals surface area contributed by atoms with Gasteiger partial charge in [-0.3, -0.25) is 9.78 Å². The van der Waals surface area contributed by atoms with Gasteiger partial charge in [0.05, 0.1) is 11.8 Å². The van der Waals surface area contributed by atoms with Gasteiger partial charge in [0.2, 0.25) is 6.10 Å². The summed E-state index contributed by atoms with van der Waals surface area (Å²) in [6, 6.07) is 8.58. The van der Waals surface area contributed by atoms with Crippen molar-refractivity contribution in [3.63, 3.8) is 0 Å². The number of nitrogens with zero attached hydrogens (tertiary/aromatic N) is 1. The molecule has 1 amide bonds. The fourth-order valence-electron chi connectivity index (χ4n) is 2.45. The lowest BCUT2D eigenvalue weighted by molar-refractivity contribution is -0.131. The van der Waals surface area contributed by atoms with Crippen molar-refractivity contribution >= 4 is 23.2 Å². The standard InChI is InChI=1S/C17H18N2O4S/c20-16(19-11-12-5-3-9-22-12)15(13-6-1-2-8-18-13)23-17(21)14-7-4-10-24-14/h1-2,4,6-8,10,12,15H,3,5,9,11H2,(H,19,20)/t12-,15+/m0/s1. The Labute approximate surface area is 143 Å². The number of hydrogen-bond donors (Lipinski definition) is 1. The predicted molar refractivity (Wildman–Crippen MR) is 88.7 cm³/mol. The maximum atomic E-state index is 12.5. The van der Waals surface area contributed by atoms with Crippen molar-refractivity contribution in [2.24, 2.45) is 0 Å². The van der Waals surface area contributed by atoms with E-state index in [1.165, 1.54) is 11.3 Å². The lowest BCUT2D eigenvalue weighted by Gasteiger charge is -2.18. The molecule has 0 bridgehead atoms. The molecule has 6 nitrogen and oxygen atoms in total. The molecule has 3 rings (SSSR count). The number of esters is 1. The second-order valence-electron chi connectivity index (χ2n) is 5.40. The van der Waals surface area contributed by atoms with Gasteiger partial charge in [-0.15, -0.1) is 11.3 Å². The third-order valence-electron chi connectivity index (χ3n) is 3.67. The molecule has 1 N–H and O–H groups in total. The van der Waals surface area contributed by atoms with Crippen LogP contribution >= 0.6 is 11.3 Å². The molecule has 2 aromatic heterocycles. The summed E-state index contributed by atoms with van der Waals surface area (Å²) in [6.45, 7) is 1.12. The number of amides is 1. The van der Waals surface area contributed by atoms with Crippen LogP contribution in [0, 0.1) is 0 Å². The number of carbonyl (C=O) groups is 2. The number of carbonyl (C=O) groups excluding carboxylic acids is 2. The average Bonchev–Trinajstić information content (AvgIpc) is 3.31. The van der Waals surface area contributed by atoms with Crippen LogP contribution in [0.2, 0.25) is 0 Å². The number of nitrogens with one attached hydrogen (secondary N) is 1. The summed E-state index contributed by atoms with van der Waals surface area (Å²) in [4.78, 5) is 29.3. The van der Waals surface area contributed by atoms with Crippen LogP contribution in [-0.2, 0) is 14.3 Å². The van der Waals surface area contributed by atoms with E-state index in [1.54, 1.807) is 41.9 Å². The summed E-state index contributed by atoms with van der Waals surface area (Å²) >= 11 is 1.27. The van der Waals surface area contributed by atoms with Crippen LogP contribution in [0.3, 0.4) is 0 Å². The molecule has 1 aliphatic rings. The Morgan fingerprint density at radius 1 is 1.38 bits per heavy atom. The second-order valence-corrected chi connectivity index (χ2v) is 6.35. The minimum atomic E-state index is -1.08. The van der Waals surface area contributed by atoms with Crippen LogP contribution in [0.4, 0.5) is 0 Å². The summed E-state index contributed by atoms with van der Waals surface area (Å²) < 4.78 is 10.9. The zero-order valence-corrected chi connectivity index (χ0v) is 13.8. The number of rotatable bonds is 6. The number of thiophene rings is 1. The monoisotopic (exact) mass is 346 g/mol. The molecule has 0 spiro atoms. The predicted octanol–water partition coefficient (Wildman–Crippen LogP) is 2.34. The van der Waals surface area contributed by atoms with Gasteiger partial charge in [0.25, 0.3) is 5.91 Å². The van der Waals surface area contributed by atoms with Gasteiger partial charge in [0.15, 0.2) is 0 Å². The first-order valence-corrected chi connectivity index (χ1v) is 8.67. The molecular formula is C17H18N2O4S. The van der Waals surface area contributed by atoms with Crippen LogP contribution in [-0.4, -0.2) is 36.1 Å². The fourth-order valence-corrected chi connectivity index (χ4v) is 3.06. The fraction of sp³-hybridized carbons (Fsp3) is 0.353. The Kier molecular flexibility index (Phi) is 5.55. The topological polar surface area (TPSA) is 77.5 Å². The molecule has 1 saturated heterocycles. The number of ether oxygens (including phenoxy) is 2. The molecule has 0 unspecified atom stereocenters. The van der Waals surface area contributed by atoms with Gasteiger partial charge in [-0.25, -0.2) is 4.79 Å². The van der Waals surface area contributed by atoms with E-state index in [2.05, 4.69) is 10.3 Å². The van der Waals surface area contributed by atoms with Gasteiger partial charge >= 0.3 is 5.97 Å². The highest BCUT2D eigenvalue weighted by molar-refractivity contribution is 7.11. The van der Waals surface area contributed by atoms with Gasteiger partial charge in [-0.2, -0.15) is 0 Å². The van der Waals surface area contributed by atoms with Crippen LogP contribution in [0.25, 0.3) is 0 Å². The van der Waals surface area contributed by atoms with Crippen LogP contribution in [0.1, 0.15) is 34.3 Å². The van der Waals surface area contributed by atoms with Gasteiger partial charge in [0, 0.05) is 19.3 Å². The van der Waals surface area contributed by atoms with Crippen molar-refractivity contribution in [3.8, 4) is 0 Å². The summed E-state index contributed by atoms with van der Waals surface area (Å²) in [5.74, 6) is -0.929. The van der Waals surface area contributed by atoms with E-state index in [1.807, 2.05) is 0 Å². The van der Waals surface area contributed by atoms with E-state index in [9.17, 15) is 9.59 Å². The van der Waals surface area contributed by atoms with Crippen LogP contribution < -0.4 is 5.32 Å². The van der Waals surface area contributed by atoms with Crippen molar-refractivity contribution < 1.29 is 19.1 Å². The van der Waals surface area contributed by atoms with Crippen molar-refractivity contribution in [1.82, 2.24) is 10.3 Å². The van der Waals surface area contributed by atoms with Crippen molar-refractivity contribution in [1.29, 1.82) is 0 Å². The molecule has 1 aliphatic heterocycles. The largest absolute Gasteiger partial charge is 0.441 e. The summed E-state index contributed by atoms with van der Waals surface area (Å²) in [6.07, 6.45) is 2.42. The van der Waals surface area contributed by atoms with Crippen molar-refractivity contribution in [2.45, 2.75) is 25.0 Å².